The molecule has 0 saturated carbocycles. The lowest BCUT2D eigenvalue weighted by atomic mass is 10.0. The van der Waals surface area contributed by atoms with E-state index in [9.17, 15) is 9.18 Å². The Kier molecular flexibility index (Phi) is 4.12. The van der Waals surface area contributed by atoms with Crippen molar-refractivity contribution in [3.8, 4) is 21.6 Å². The topological polar surface area (TPSA) is 55.1 Å². The molecule has 3 nitrogen and oxygen atoms in total. The maximum Gasteiger partial charge on any atom is 0.261 e. The second-order valence-corrected chi connectivity index (χ2v) is 6.11. The van der Waals surface area contributed by atoms with Gasteiger partial charge >= 0.3 is 0 Å². The molecule has 0 fully saturated rings. The Morgan fingerprint density at radius 1 is 1.04 bits per heavy atom. The quantitative estimate of drug-likeness (QED) is 0.710. The van der Waals surface area contributed by atoms with Crippen LogP contribution in [0.15, 0.2) is 54.6 Å². The molecule has 2 aromatic carbocycles. The number of carbonyl (C=O) groups excluding carboxylic acids is 1. The maximum absolute atomic E-state index is 13.2. The number of hydrogen-bond donors (Lipinski definition) is 2. The van der Waals surface area contributed by atoms with Crippen molar-refractivity contribution in [2.45, 2.75) is 0 Å². The number of nitrogens with one attached hydrogen (secondary N) is 1. The minimum atomic E-state index is -0.286. The summed E-state index contributed by atoms with van der Waals surface area (Å²) < 4.78 is 13.2. The molecule has 1 aromatic heterocycles. The van der Waals surface area contributed by atoms with Crippen LogP contribution >= 0.6 is 11.3 Å². The van der Waals surface area contributed by atoms with Crippen LogP contribution in [0.25, 0.3) is 21.6 Å². The molecule has 0 aliphatic rings. The number of rotatable bonds is 3. The number of hydrogen-bond acceptors (Lipinski definition) is 3. The Labute approximate surface area is 137 Å². The largest absolute Gasteiger partial charge is 0.399 e. The van der Waals surface area contributed by atoms with Crippen molar-refractivity contribution in [1.82, 2.24) is 5.32 Å². The van der Waals surface area contributed by atoms with E-state index in [0.717, 1.165) is 21.6 Å². The lowest BCUT2D eigenvalue weighted by Crippen LogP contribution is -2.16. The molecule has 0 aliphatic heterocycles. The molecule has 0 spiro atoms. The third-order valence-electron chi connectivity index (χ3n) is 3.51. The van der Waals surface area contributed by atoms with Crippen LogP contribution < -0.4 is 11.1 Å². The molecule has 116 valence electrons. The molecular formula is C18H15FN2OS. The third-order valence-corrected chi connectivity index (χ3v) is 4.69. The molecular weight excluding hydrogens is 311 g/mol. The van der Waals surface area contributed by atoms with E-state index in [0.29, 0.717) is 10.6 Å². The summed E-state index contributed by atoms with van der Waals surface area (Å²) in [5.74, 6) is -0.425. The van der Waals surface area contributed by atoms with Gasteiger partial charge in [0, 0.05) is 23.2 Å². The molecule has 0 bridgehead atoms. The van der Waals surface area contributed by atoms with Crippen molar-refractivity contribution < 1.29 is 9.18 Å². The second-order valence-electron chi connectivity index (χ2n) is 5.06. The van der Waals surface area contributed by atoms with Crippen molar-refractivity contribution >= 4 is 22.9 Å². The lowest BCUT2D eigenvalue weighted by Gasteiger charge is -2.05. The molecule has 1 heterocycles. The fourth-order valence-electron chi connectivity index (χ4n) is 2.32. The van der Waals surface area contributed by atoms with Gasteiger partial charge < -0.3 is 11.1 Å². The fraction of sp³-hybridized carbons (Fsp3) is 0.0556. The van der Waals surface area contributed by atoms with Gasteiger partial charge in [0.25, 0.3) is 5.91 Å². The number of nitrogens with two attached hydrogens (primary N) is 1. The summed E-state index contributed by atoms with van der Waals surface area (Å²) in [7, 11) is 1.60. The van der Waals surface area contributed by atoms with E-state index < -0.39 is 0 Å². The molecule has 1 amide bonds. The molecule has 0 unspecified atom stereocenters. The number of nitrogen functional groups attached to an aromatic ring is 1. The monoisotopic (exact) mass is 326 g/mol. The second kappa shape index (κ2) is 6.22. The molecule has 23 heavy (non-hydrogen) atoms. The number of carbonyl (C=O) groups is 1. The first-order valence-electron chi connectivity index (χ1n) is 7.06. The molecule has 3 aromatic rings. The molecule has 5 heteroatoms. The zero-order chi connectivity index (χ0) is 16.4. The van der Waals surface area contributed by atoms with E-state index in [1.54, 1.807) is 19.2 Å². The van der Waals surface area contributed by atoms with Gasteiger partial charge in [-0.3, -0.25) is 4.79 Å². The Bertz CT molecular complexity index is 775. The minimum Gasteiger partial charge on any atom is -0.399 e. The maximum atomic E-state index is 13.2. The van der Waals surface area contributed by atoms with E-state index in [1.165, 1.54) is 23.5 Å². The lowest BCUT2D eigenvalue weighted by molar-refractivity contribution is 0.0967. The highest BCUT2D eigenvalue weighted by Crippen LogP contribution is 2.39. The summed E-state index contributed by atoms with van der Waals surface area (Å²) in [4.78, 5) is 13.5. The number of benzene rings is 2. The summed E-state index contributed by atoms with van der Waals surface area (Å²) in [6, 6.07) is 15.6. The average Bonchev–Trinajstić information content (AvgIpc) is 3.01. The van der Waals surface area contributed by atoms with Gasteiger partial charge in [-0.25, -0.2) is 4.39 Å². The van der Waals surface area contributed by atoms with E-state index >= 15 is 0 Å². The highest BCUT2D eigenvalue weighted by molar-refractivity contribution is 7.18. The summed E-state index contributed by atoms with van der Waals surface area (Å²) in [5, 5.41) is 2.63. The molecule has 0 radical (unpaired) electrons. The average molecular weight is 326 g/mol. The number of anilines is 1. The summed E-state index contributed by atoms with van der Waals surface area (Å²) in [6.45, 7) is 0. The van der Waals surface area contributed by atoms with Crippen LogP contribution in [0.3, 0.4) is 0 Å². The predicted octanol–water partition coefficient (Wildman–Crippen LogP) is 4.16. The van der Waals surface area contributed by atoms with E-state index in [1.807, 2.05) is 30.3 Å². The Balaban J connectivity index is 2.16. The van der Waals surface area contributed by atoms with Gasteiger partial charge in [-0.2, -0.15) is 0 Å². The van der Waals surface area contributed by atoms with Crippen LogP contribution in [0.2, 0.25) is 0 Å². The summed E-state index contributed by atoms with van der Waals surface area (Å²) in [6.07, 6.45) is 0. The van der Waals surface area contributed by atoms with Crippen LogP contribution in [-0.2, 0) is 0 Å². The van der Waals surface area contributed by atoms with Crippen LogP contribution in [0.1, 0.15) is 9.67 Å². The van der Waals surface area contributed by atoms with E-state index in [2.05, 4.69) is 5.32 Å². The highest BCUT2D eigenvalue weighted by atomic mass is 32.1. The van der Waals surface area contributed by atoms with Crippen LogP contribution in [0.4, 0.5) is 10.1 Å². The molecule has 0 atom stereocenters. The van der Waals surface area contributed by atoms with Gasteiger partial charge in [0.15, 0.2) is 0 Å². The van der Waals surface area contributed by atoms with Crippen molar-refractivity contribution in [3.63, 3.8) is 0 Å². The van der Waals surface area contributed by atoms with E-state index in [4.69, 9.17) is 5.73 Å². The van der Waals surface area contributed by atoms with Gasteiger partial charge in [-0.1, -0.05) is 24.3 Å². The SMILES string of the molecule is CNC(=O)c1cc(-c2ccc(N)cc2)c(-c2ccc(F)cc2)s1. The molecule has 3 rings (SSSR count). The smallest absolute Gasteiger partial charge is 0.261 e. The van der Waals surface area contributed by atoms with Crippen LogP contribution in [0, 0.1) is 5.82 Å². The molecule has 0 saturated heterocycles. The van der Waals surface area contributed by atoms with Gasteiger partial charge in [-0.15, -0.1) is 11.3 Å². The standard InChI is InChI=1S/C18H15FN2OS/c1-21-18(22)16-10-15(11-4-8-14(20)9-5-11)17(23-16)12-2-6-13(19)7-3-12/h2-10H,20H2,1H3,(H,21,22). The first kappa shape index (κ1) is 15.2. The first-order chi connectivity index (χ1) is 11.1. The van der Waals surface area contributed by atoms with Gasteiger partial charge in [0.2, 0.25) is 0 Å². The Morgan fingerprint density at radius 3 is 2.26 bits per heavy atom. The normalized spacial score (nSPS) is 10.5. The van der Waals surface area contributed by atoms with Crippen LogP contribution in [0.5, 0.6) is 0 Å². The molecule has 0 aliphatic carbocycles. The van der Waals surface area contributed by atoms with Crippen LogP contribution in [-0.4, -0.2) is 13.0 Å². The number of amides is 1. The van der Waals surface area contributed by atoms with Crippen molar-refractivity contribution in [3.05, 3.63) is 65.3 Å². The minimum absolute atomic E-state index is 0.139. The number of thiophene rings is 1. The third kappa shape index (κ3) is 3.10. The first-order valence-corrected chi connectivity index (χ1v) is 7.88. The van der Waals surface area contributed by atoms with Gasteiger partial charge in [0.05, 0.1) is 4.88 Å². The zero-order valence-corrected chi connectivity index (χ0v) is 13.3. The summed E-state index contributed by atoms with van der Waals surface area (Å²) in [5.41, 5.74) is 9.19. The van der Waals surface area contributed by atoms with Gasteiger partial charge in [0.1, 0.15) is 5.82 Å². The van der Waals surface area contributed by atoms with Gasteiger partial charge in [-0.05, 0) is 41.5 Å². The molecule has 3 N–H and O–H groups in total. The fourth-order valence-corrected chi connectivity index (χ4v) is 3.45. The Hall–Kier alpha value is -2.66. The van der Waals surface area contributed by atoms with Crippen molar-refractivity contribution in [2.24, 2.45) is 0 Å². The predicted molar refractivity (Wildman–Crippen MR) is 93.0 cm³/mol. The van der Waals surface area contributed by atoms with Crippen molar-refractivity contribution in [1.29, 1.82) is 0 Å². The zero-order valence-electron chi connectivity index (χ0n) is 12.5. The Morgan fingerprint density at radius 2 is 1.65 bits per heavy atom. The van der Waals surface area contributed by atoms with Crippen molar-refractivity contribution in [2.75, 3.05) is 12.8 Å². The number of halogens is 1. The van der Waals surface area contributed by atoms with E-state index in [-0.39, 0.29) is 11.7 Å². The highest BCUT2D eigenvalue weighted by Gasteiger charge is 2.16. The summed E-state index contributed by atoms with van der Waals surface area (Å²) >= 11 is 1.38.